The molecule has 1 saturated heterocycles. The molecule has 10 nitrogen and oxygen atoms in total. The van der Waals surface area contributed by atoms with Crippen molar-refractivity contribution in [2.75, 3.05) is 65.6 Å². The van der Waals surface area contributed by atoms with Gasteiger partial charge in [0, 0.05) is 52.4 Å². The molecule has 1 fully saturated rings. The van der Waals surface area contributed by atoms with Gasteiger partial charge in [0.15, 0.2) is 0 Å². The van der Waals surface area contributed by atoms with E-state index in [2.05, 4.69) is 10.6 Å². The number of hydrogen-bond acceptors (Lipinski definition) is 8. The van der Waals surface area contributed by atoms with Crippen molar-refractivity contribution in [1.82, 2.24) is 20.4 Å². The quantitative estimate of drug-likeness (QED) is 0.288. The first-order valence-corrected chi connectivity index (χ1v) is 8.08. The van der Waals surface area contributed by atoms with Crippen molar-refractivity contribution in [2.45, 2.75) is 12.1 Å². The molecule has 140 valence electrons. The van der Waals surface area contributed by atoms with Gasteiger partial charge in [-0.2, -0.15) is 0 Å². The number of rotatable bonds is 6. The van der Waals surface area contributed by atoms with Gasteiger partial charge in [-0.05, 0) is 0 Å². The molecule has 24 heavy (non-hydrogen) atoms. The summed E-state index contributed by atoms with van der Waals surface area (Å²) in [4.78, 5) is 25.8. The van der Waals surface area contributed by atoms with Crippen LogP contribution in [0.15, 0.2) is 0 Å². The smallest absolute Gasteiger partial charge is 0.323 e. The molecule has 0 aliphatic carbocycles. The minimum atomic E-state index is -1.05. The van der Waals surface area contributed by atoms with Crippen LogP contribution in [0, 0.1) is 0 Å². The van der Waals surface area contributed by atoms with E-state index >= 15 is 0 Å². The third kappa shape index (κ3) is 6.67. The predicted octanol–water partition coefficient (Wildman–Crippen LogP) is -3.33. The third-order valence-corrected chi connectivity index (χ3v) is 4.10. The fraction of sp³-hybridized carbons (Fsp3) is 0.857. The first-order chi connectivity index (χ1) is 11.5. The van der Waals surface area contributed by atoms with Crippen LogP contribution in [0.2, 0.25) is 0 Å². The lowest BCUT2D eigenvalue weighted by molar-refractivity contribution is -0.145. The Morgan fingerprint density at radius 2 is 1.04 bits per heavy atom. The Labute approximate surface area is 141 Å². The van der Waals surface area contributed by atoms with Crippen molar-refractivity contribution < 1.29 is 30.0 Å². The van der Waals surface area contributed by atoms with E-state index in [4.69, 9.17) is 10.2 Å². The number of nitrogens with one attached hydrogen (secondary N) is 2. The van der Waals surface area contributed by atoms with Crippen LogP contribution in [0.5, 0.6) is 0 Å². The van der Waals surface area contributed by atoms with Crippen molar-refractivity contribution in [3.8, 4) is 0 Å². The molecule has 0 amide bonds. The number of carboxylic acid groups (broad SMARTS) is 2. The SMILES string of the molecule is O=C(O)C(CO)N1CCNCCN(C(CO)C(=O)O)CCNCC1. The minimum Gasteiger partial charge on any atom is -0.480 e. The second-order valence-electron chi connectivity index (χ2n) is 5.65. The van der Waals surface area contributed by atoms with E-state index in [0.29, 0.717) is 52.4 Å². The third-order valence-electron chi connectivity index (χ3n) is 4.10. The van der Waals surface area contributed by atoms with Gasteiger partial charge in [0.25, 0.3) is 0 Å². The second-order valence-corrected chi connectivity index (χ2v) is 5.65. The van der Waals surface area contributed by atoms with E-state index in [0.717, 1.165) is 0 Å². The molecule has 0 aromatic carbocycles. The maximum absolute atomic E-state index is 11.2. The molecule has 0 aromatic rings. The fourth-order valence-corrected chi connectivity index (χ4v) is 2.69. The number of hydrogen-bond donors (Lipinski definition) is 6. The summed E-state index contributed by atoms with van der Waals surface area (Å²) in [6, 6.07) is -1.86. The molecule has 1 heterocycles. The van der Waals surface area contributed by atoms with Gasteiger partial charge in [-0.25, -0.2) is 0 Å². The highest BCUT2D eigenvalue weighted by molar-refractivity contribution is 5.74. The van der Waals surface area contributed by atoms with E-state index < -0.39 is 37.2 Å². The van der Waals surface area contributed by atoms with Crippen LogP contribution in [0.3, 0.4) is 0 Å². The lowest BCUT2D eigenvalue weighted by Crippen LogP contribution is -2.52. The topological polar surface area (TPSA) is 146 Å². The summed E-state index contributed by atoms with van der Waals surface area (Å²) in [5, 5.41) is 43.1. The summed E-state index contributed by atoms with van der Waals surface area (Å²) in [7, 11) is 0. The van der Waals surface area contributed by atoms with Crippen molar-refractivity contribution in [3.05, 3.63) is 0 Å². The van der Waals surface area contributed by atoms with Gasteiger partial charge in [-0.15, -0.1) is 0 Å². The molecule has 2 unspecified atom stereocenters. The van der Waals surface area contributed by atoms with Crippen LogP contribution in [-0.4, -0.2) is 120 Å². The molecule has 1 rings (SSSR count). The summed E-state index contributed by atoms with van der Waals surface area (Å²) < 4.78 is 0. The molecule has 0 bridgehead atoms. The monoisotopic (exact) mass is 348 g/mol. The number of aliphatic hydroxyl groups excluding tert-OH is 2. The van der Waals surface area contributed by atoms with Gasteiger partial charge >= 0.3 is 11.9 Å². The lowest BCUT2D eigenvalue weighted by Gasteiger charge is -2.31. The van der Waals surface area contributed by atoms with Crippen LogP contribution in [-0.2, 0) is 9.59 Å². The number of carbonyl (C=O) groups is 2. The van der Waals surface area contributed by atoms with Gasteiger partial charge in [0.05, 0.1) is 13.2 Å². The standard InChI is InChI=1S/C14H28N4O6/c19-9-11(13(21)22)17-5-1-15-2-6-18(8-4-16-3-7-17)12(10-20)14(23)24/h11-12,15-16,19-20H,1-10H2,(H,21,22)(H,23,24). The highest BCUT2D eigenvalue weighted by Crippen LogP contribution is 2.01. The average Bonchev–Trinajstić information content (AvgIpc) is 2.51. The van der Waals surface area contributed by atoms with Crippen molar-refractivity contribution in [1.29, 1.82) is 0 Å². The zero-order chi connectivity index (χ0) is 17.9. The molecule has 1 aliphatic heterocycles. The number of nitrogens with zero attached hydrogens (tertiary/aromatic N) is 2. The van der Waals surface area contributed by atoms with E-state index in [9.17, 15) is 19.8 Å². The normalized spacial score (nSPS) is 22.1. The predicted molar refractivity (Wildman–Crippen MR) is 85.9 cm³/mol. The van der Waals surface area contributed by atoms with E-state index in [1.807, 2.05) is 0 Å². The van der Waals surface area contributed by atoms with Crippen LogP contribution >= 0.6 is 0 Å². The zero-order valence-electron chi connectivity index (χ0n) is 13.7. The molecular weight excluding hydrogens is 320 g/mol. The number of aliphatic hydroxyl groups is 2. The Balaban J connectivity index is 2.60. The maximum atomic E-state index is 11.2. The van der Waals surface area contributed by atoms with Crippen molar-refractivity contribution >= 4 is 11.9 Å². The van der Waals surface area contributed by atoms with Crippen LogP contribution in [0.1, 0.15) is 0 Å². The summed E-state index contributed by atoms with van der Waals surface area (Å²) in [5.41, 5.74) is 0. The van der Waals surface area contributed by atoms with E-state index in [1.165, 1.54) is 0 Å². The van der Waals surface area contributed by atoms with Crippen molar-refractivity contribution in [3.63, 3.8) is 0 Å². The van der Waals surface area contributed by atoms with Gasteiger partial charge < -0.3 is 31.1 Å². The summed E-state index contributed by atoms with van der Waals surface area (Å²) in [5.74, 6) is -2.11. The van der Waals surface area contributed by atoms with Gasteiger partial charge in [-0.1, -0.05) is 0 Å². The van der Waals surface area contributed by atoms with E-state index in [-0.39, 0.29) is 0 Å². The van der Waals surface area contributed by atoms with Crippen LogP contribution in [0.4, 0.5) is 0 Å². The molecule has 6 N–H and O–H groups in total. The molecular formula is C14H28N4O6. The van der Waals surface area contributed by atoms with Crippen LogP contribution < -0.4 is 10.6 Å². The molecule has 2 atom stereocenters. The summed E-state index contributed by atoms with van der Waals surface area (Å²) in [6.07, 6.45) is 0. The number of aliphatic carboxylic acids is 2. The molecule has 0 saturated carbocycles. The zero-order valence-corrected chi connectivity index (χ0v) is 13.7. The highest BCUT2D eigenvalue weighted by atomic mass is 16.4. The van der Waals surface area contributed by atoms with Crippen molar-refractivity contribution in [2.24, 2.45) is 0 Å². The Hall–Kier alpha value is -1.30. The lowest BCUT2D eigenvalue weighted by atomic mass is 10.2. The summed E-state index contributed by atoms with van der Waals surface area (Å²) in [6.45, 7) is 3.04. The maximum Gasteiger partial charge on any atom is 0.323 e. The largest absolute Gasteiger partial charge is 0.480 e. The Kier molecular flexibility index (Phi) is 9.76. The van der Waals surface area contributed by atoms with Gasteiger partial charge in [0.1, 0.15) is 12.1 Å². The molecule has 0 spiro atoms. The Morgan fingerprint density at radius 3 is 1.25 bits per heavy atom. The minimum absolute atomic E-state index is 0.445. The Morgan fingerprint density at radius 1 is 0.750 bits per heavy atom. The molecule has 0 radical (unpaired) electrons. The molecule has 1 aliphatic rings. The second kappa shape index (κ2) is 11.3. The number of carboxylic acids is 2. The van der Waals surface area contributed by atoms with Crippen LogP contribution in [0.25, 0.3) is 0 Å². The highest BCUT2D eigenvalue weighted by Gasteiger charge is 2.26. The Bertz CT molecular complexity index is 349. The first kappa shape index (κ1) is 20.7. The van der Waals surface area contributed by atoms with E-state index in [1.54, 1.807) is 9.80 Å². The molecule has 0 aromatic heterocycles. The van der Waals surface area contributed by atoms with Gasteiger partial charge in [-0.3, -0.25) is 19.4 Å². The summed E-state index contributed by atoms with van der Waals surface area (Å²) >= 11 is 0. The first-order valence-electron chi connectivity index (χ1n) is 8.08. The van der Waals surface area contributed by atoms with Gasteiger partial charge in [0.2, 0.25) is 0 Å². The molecule has 10 heteroatoms. The fourth-order valence-electron chi connectivity index (χ4n) is 2.69. The average molecular weight is 348 g/mol.